The molecule has 1 aliphatic rings. The number of rotatable bonds is 7. The van der Waals surface area contributed by atoms with Crippen LogP contribution < -0.4 is 5.32 Å². The van der Waals surface area contributed by atoms with Crippen LogP contribution in [-0.2, 0) is 14.8 Å². The number of anilines is 1. The summed E-state index contributed by atoms with van der Waals surface area (Å²) < 4.78 is 27.4. The molecule has 33 heavy (non-hydrogen) atoms. The van der Waals surface area contributed by atoms with Gasteiger partial charge in [0.15, 0.2) is 0 Å². The predicted octanol–water partition coefficient (Wildman–Crippen LogP) is 3.27. The number of nitrogens with zero attached hydrogens (tertiary/aromatic N) is 4. The topological polar surface area (TPSA) is 95.5 Å². The van der Waals surface area contributed by atoms with Gasteiger partial charge in [-0.1, -0.05) is 67.6 Å². The molecule has 1 aliphatic heterocycles. The molecule has 0 saturated carbocycles. The van der Waals surface area contributed by atoms with E-state index in [4.69, 9.17) is 0 Å². The van der Waals surface area contributed by atoms with Gasteiger partial charge < -0.3 is 0 Å². The molecule has 1 aromatic heterocycles. The molecule has 1 amide bonds. The highest BCUT2D eigenvalue weighted by Crippen LogP contribution is 2.26. The third-order valence-corrected chi connectivity index (χ3v) is 8.38. The zero-order valence-corrected chi connectivity index (χ0v) is 20.3. The number of hydrogen-bond acceptors (Lipinski definition) is 7. The monoisotopic (exact) mass is 485 g/mol. The Bertz CT molecular complexity index is 1190. The van der Waals surface area contributed by atoms with E-state index < -0.39 is 10.0 Å². The van der Waals surface area contributed by atoms with Gasteiger partial charge in [0, 0.05) is 31.7 Å². The molecule has 10 heteroatoms. The minimum atomic E-state index is -3.54. The molecule has 8 nitrogen and oxygen atoms in total. The second-order valence-corrected chi connectivity index (χ2v) is 11.1. The Hall–Kier alpha value is -2.66. The van der Waals surface area contributed by atoms with Gasteiger partial charge in [0.1, 0.15) is 5.01 Å². The first-order valence-corrected chi connectivity index (χ1v) is 13.1. The Morgan fingerprint density at radius 2 is 1.67 bits per heavy atom. The number of carbonyl (C=O) groups is 1. The summed E-state index contributed by atoms with van der Waals surface area (Å²) in [6.07, 6.45) is 0. The van der Waals surface area contributed by atoms with Crippen LogP contribution in [0.2, 0.25) is 0 Å². The van der Waals surface area contributed by atoms with Crippen molar-refractivity contribution in [3.8, 4) is 10.6 Å². The molecule has 1 N–H and O–H groups in total. The first kappa shape index (κ1) is 23.5. The SMILES string of the molecule is CC(C)c1ccc(S(=O)(=O)N2CCN(CC(=O)Nc3nnc(-c4ccccc4)s3)CC2)cc1. The largest absolute Gasteiger partial charge is 0.299 e. The molecule has 1 fully saturated rings. The van der Waals surface area contributed by atoms with E-state index in [-0.39, 0.29) is 12.5 Å². The van der Waals surface area contributed by atoms with Crippen molar-refractivity contribution in [2.24, 2.45) is 0 Å². The summed E-state index contributed by atoms with van der Waals surface area (Å²) in [6.45, 7) is 6.00. The number of amides is 1. The van der Waals surface area contributed by atoms with Gasteiger partial charge in [-0.3, -0.25) is 15.0 Å². The molecule has 0 aliphatic carbocycles. The number of hydrogen-bond donors (Lipinski definition) is 1. The van der Waals surface area contributed by atoms with Crippen LogP contribution in [0.5, 0.6) is 0 Å². The fourth-order valence-corrected chi connectivity index (χ4v) is 5.82. The van der Waals surface area contributed by atoms with E-state index >= 15 is 0 Å². The van der Waals surface area contributed by atoms with Crippen molar-refractivity contribution < 1.29 is 13.2 Å². The summed E-state index contributed by atoms with van der Waals surface area (Å²) >= 11 is 1.32. The van der Waals surface area contributed by atoms with Crippen LogP contribution in [-0.4, -0.2) is 66.5 Å². The average Bonchev–Trinajstić information content (AvgIpc) is 3.28. The summed E-state index contributed by atoms with van der Waals surface area (Å²) in [5, 5.41) is 12.2. The third-order valence-electron chi connectivity index (χ3n) is 5.58. The summed E-state index contributed by atoms with van der Waals surface area (Å²) in [5.41, 5.74) is 2.06. The Morgan fingerprint density at radius 3 is 2.30 bits per heavy atom. The van der Waals surface area contributed by atoms with Crippen LogP contribution in [0.25, 0.3) is 10.6 Å². The lowest BCUT2D eigenvalue weighted by Crippen LogP contribution is -2.50. The van der Waals surface area contributed by atoms with E-state index in [1.807, 2.05) is 47.4 Å². The summed E-state index contributed by atoms with van der Waals surface area (Å²) in [7, 11) is -3.54. The molecule has 0 radical (unpaired) electrons. The smallest absolute Gasteiger partial charge is 0.243 e. The van der Waals surface area contributed by atoms with Gasteiger partial charge >= 0.3 is 0 Å². The summed E-state index contributed by atoms with van der Waals surface area (Å²) in [4.78, 5) is 14.7. The zero-order chi connectivity index (χ0) is 23.4. The van der Waals surface area contributed by atoms with E-state index in [2.05, 4.69) is 29.4 Å². The van der Waals surface area contributed by atoms with Gasteiger partial charge in [-0.15, -0.1) is 10.2 Å². The lowest BCUT2D eigenvalue weighted by molar-refractivity contribution is -0.117. The van der Waals surface area contributed by atoms with Crippen molar-refractivity contribution in [2.45, 2.75) is 24.7 Å². The van der Waals surface area contributed by atoms with Gasteiger partial charge in [0.25, 0.3) is 0 Å². The maximum absolute atomic E-state index is 13.0. The molecule has 174 valence electrons. The van der Waals surface area contributed by atoms with Gasteiger partial charge in [-0.25, -0.2) is 8.42 Å². The predicted molar refractivity (Wildman–Crippen MR) is 130 cm³/mol. The molecule has 0 atom stereocenters. The molecule has 1 saturated heterocycles. The van der Waals surface area contributed by atoms with Gasteiger partial charge in [-0.05, 0) is 23.6 Å². The number of carbonyl (C=O) groups excluding carboxylic acids is 1. The van der Waals surface area contributed by atoms with E-state index in [1.54, 1.807) is 12.1 Å². The average molecular weight is 486 g/mol. The van der Waals surface area contributed by atoms with Crippen LogP contribution in [0, 0.1) is 0 Å². The fourth-order valence-electron chi connectivity index (χ4n) is 3.63. The van der Waals surface area contributed by atoms with Crippen LogP contribution >= 0.6 is 11.3 Å². The molecule has 2 heterocycles. The van der Waals surface area contributed by atoms with Crippen molar-refractivity contribution in [1.29, 1.82) is 0 Å². The molecular weight excluding hydrogens is 458 g/mol. The molecule has 2 aromatic carbocycles. The van der Waals surface area contributed by atoms with Crippen LogP contribution in [0.3, 0.4) is 0 Å². The molecule has 4 rings (SSSR count). The first-order chi connectivity index (χ1) is 15.8. The molecular formula is C23H27N5O3S2. The van der Waals surface area contributed by atoms with E-state index in [1.165, 1.54) is 15.6 Å². The summed E-state index contributed by atoms with van der Waals surface area (Å²) in [5.74, 6) is 0.160. The molecule has 0 spiro atoms. The van der Waals surface area contributed by atoms with Crippen molar-refractivity contribution >= 4 is 32.4 Å². The van der Waals surface area contributed by atoms with Gasteiger partial charge in [0.2, 0.25) is 21.1 Å². The lowest BCUT2D eigenvalue weighted by Gasteiger charge is -2.33. The highest BCUT2D eigenvalue weighted by atomic mass is 32.2. The molecule has 3 aromatic rings. The highest BCUT2D eigenvalue weighted by molar-refractivity contribution is 7.89. The minimum Gasteiger partial charge on any atom is -0.299 e. The maximum atomic E-state index is 13.0. The van der Waals surface area contributed by atoms with Crippen molar-refractivity contribution in [3.05, 3.63) is 60.2 Å². The Labute approximate surface area is 198 Å². The van der Waals surface area contributed by atoms with E-state index in [9.17, 15) is 13.2 Å². The number of sulfonamides is 1. The maximum Gasteiger partial charge on any atom is 0.243 e. The van der Waals surface area contributed by atoms with E-state index in [0.29, 0.717) is 42.1 Å². The second-order valence-electron chi connectivity index (χ2n) is 8.23. The standard InChI is InChI=1S/C23H27N5O3S2/c1-17(2)18-8-10-20(11-9-18)33(30,31)28-14-12-27(13-15-28)16-21(29)24-23-26-25-22(32-23)19-6-4-3-5-7-19/h3-11,17H,12-16H2,1-2H3,(H,24,26,29). The minimum absolute atomic E-state index is 0.178. The van der Waals surface area contributed by atoms with Crippen molar-refractivity contribution in [3.63, 3.8) is 0 Å². The number of aromatic nitrogens is 2. The normalized spacial score (nSPS) is 15.6. The van der Waals surface area contributed by atoms with Crippen molar-refractivity contribution in [2.75, 3.05) is 38.0 Å². The zero-order valence-electron chi connectivity index (χ0n) is 18.6. The third kappa shape index (κ3) is 5.64. The highest BCUT2D eigenvalue weighted by Gasteiger charge is 2.29. The Kier molecular flexibility index (Phi) is 7.18. The van der Waals surface area contributed by atoms with Crippen LogP contribution in [0.4, 0.5) is 5.13 Å². The van der Waals surface area contributed by atoms with Gasteiger partial charge in [0.05, 0.1) is 11.4 Å². The van der Waals surface area contributed by atoms with Gasteiger partial charge in [-0.2, -0.15) is 4.31 Å². The second kappa shape index (κ2) is 10.1. The Balaban J connectivity index is 1.29. The summed E-state index contributed by atoms with van der Waals surface area (Å²) in [6, 6.07) is 16.8. The number of benzene rings is 2. The fraction of sp³-hybridized carbons (Fsp3) is 0.348. The van der Waals surface area contributed by atoms with Crippen molar-refractivity contribution in [1.82, 2.24) is 19.4 Å². The number of nitrogens with one attached hydrogen (secondary N) is 1. The quantitative estimate of drug-likeness (QED) is 0.552. The van der Waals surface area contributed by atoms with Crippen LogP contribution in [0.15, 0.2) is 59.5 Å². The van der Waals surface area contributed by atoms with E-state index in [0.717, 1.165) is 16.1 Å². The lowest BCUT2D eigenvalue weighted by atomic mass is 10.0. The first-order valence-electron chi connectivity index (χ1n) is 10.8. The number of piperazine rings is 1. The molecule has 0 unspecified atom stereocenters. The van der Waals surface area contributed by atoms with Crippen LogP contribution in [0.1, 0.15) is 25.3 Å². The molecule has 0 bridgehead atoms. The Morgan fingerprint density at radius 1 is 1.00 bits per heavy atom.